The van der Waals surface area contributed by atoms with Crippen molar-refractivity contribution < 1.29 is 18.3 Å². The first kappa shape index (κ1) is 22.8. The number of carbonyl (C=O) groups is 1. The molecular weight excluding hydrogens is 436 g/mol. The van der Waals surface area contributed by atoms with E-state index in [0.717, 1.165) is 21.9 Å². The number of fused-ring (bicyclic) bond motifs is 1. The predicted molar refractivity (Wildman–Crippen MR) is 124 cm³/mol. The first-order chi connectivity index (χ1) is 14.7. The monoisotopic (exact) mass is 458 g/mol. The summed E-state index contributed by atoms with van der Waals surface area (Å²) >= 11 is 5.83. The minimum atomic E-state index is -3.22. The summed E-state index contributed by atoms with van der Waals surface area (Å²) in [6, 6.07) is 15.2. The van der Waals surface area contributed by atoms with E-state index in [0.29, 0.717) is 0 Å². The van der Waals surface area contributed by atoms with Crippen molar-refractivity contribution in [3.8, 4) is 5.75 Å². The molecule has 2 N–H and O–H groups in total. The first-order valence-corrected chi connectivity index (χ1v) is 11.9. The number of phenols is 1. The number of sulfone groups is 1. The number of hydrogen-bond donors (Lipinski definition) is 2. The van der Waals surface area contributed by atoms with Crippen LogP contribution in [0.1, 0.15) is 35.3 Å². The van der Waals surface area contributed by atoms with Crippen LogP contribution in [0.15, 0.2) is 59.7 Å². The van der Waals surface area contributed by atoms with E-state index in [4.69, 9.17) is 11.6 Å². The number of nitrogens with one attached hydrogen (secondary N) is 1. The molecule has 8 heteroatoms. The standard InChI is InChI=1S/C23H23ClN2O4S/c1-15(2)13-31(29,30)14-18-8-7-17(19-5-3-4-6-20(18)19)12-25-26-23(28)16-9-10-22(27)21(24)11-16/h3-12,15,27H,13-14H2,1-2H3,(H,26,28). The highest BCUT2D eigenvalue weighted by Crippen LogP contribution is 2.25. The summed E-state index contributed by atoms with van der Waals surface area (Å²) in [7, 11) is -3.22. The van der Waals surface area contributed by atoms with E-state index < -0.39 is 15.7 Å². The van der Waals surface area contributed by atoms with Crippen LogP contribution in [0.3, 0.4) is 0 Å². The molecule has 0 aliphatic heterocycles. The van der Waals surface area contributed by atoms with Gasteiger partial charge in [0.05, 0.1) is 22.7 Å². The molecule has 162 valence electrons. The van der Waals surface area contributed by atoms with Crippen molar-refractivity contribution in [2.75, 3.05) is 5.75 Å². The zero-order valence-corrected chi connectivity index (χ0v) is 18.7. The highest BCUT2D eigenvalue weighted by atomic mass is 35.5. The number of hydrogen-bond acceptors (Lipinski definition) is 5. The molecule has 3 aromatic rings. The maximum Gasteiger partial charge on any atom is 0.271 e. The summed E-state index contributed by atoms with van der Waals surface area (Å²) in [6.07, 6.45) is 1.51. The summed E-state index contributed by atoms with van der Waals surface area (Å²) in [5, 5.41) is 15.2. The lowest BCUT2D eigenvalue weighted by Crippen LogP contribution is -2.17. The fraction of sp³-hybridized carbons (Fsp3) is 0.217. The second kappa shape index (κ2) is 9.49. The van der Waals surface area contributed by atoms with E-state index >= 15 is 0 Å². The number of nitrogens with zero attached hydrogens (tertiary/aromatic N) is 1. The topological polar surface area (TPSA) is 95.8 Å². The zero-order chi connectivity index (χ0) is 22.6. The van der Waals surface area contributed by atoms with Gasteiger partial charge in [-0.25, -0.2) is 13.8 Å². The van der Waals surface area contributed by atoms with Crippen molar-refractivity contribution in [3.63, 3.8) is 0 Å². The van der Waals surface area contributed by atoms with Crippen molar-refractivity contribution in [2.24, 2.45) is 11.0 Å². The van der Waals surface area contributed by atoms with Crippen molar-refractivity contribution in [2.45, 2.75) is 19.6 Å². The van der Waals surface area contributed by atoms with Gasteiger partial charge >= 0.3 is 0 Å². The number of hydrazone groups is 1. The van der Waals surface area contributed by atoms with Crippen LogP contribution >= 0.6 is 11.6 Å². The molecule has 1 amide bonds. The predicted octanol–water partition coefficient (Wildman–Crippen LogP) is 4.53. The van der Waals surface area contributed by atoms with Gasteiger partial charge in [-0.05, 0) is 40.5 Å². The molecule has 3 aromatic carbocycles. The quantitative estimate of drug-likeness (QED) is 0.401. The minimum absolute atomic E-state index is 0.0263. The average Bonchev–Trinajstić information content (AvgIpc) is 2.70. The van der Waals surface area contributed by atoms with Gasteiger partial charge in [-0.3, -0.25) is 4.79 Å². The number of carbonyl (C=O) groups excluding carboxylic acids is 1. The number of aromatic hydroxyl groups is 1. The minimum Gasteiger partial charge on any atom is -0.506 e. The van der Waals surface area contributed by atoms with Crippen LogP contribution in [-0.2, 0) is 15.6 Å². The third-order valence-electron chi connectivity index (χ3n) is 4.59. The van der Waals surface area contributed by atoms with Gasteiger partial charge in [0.15, 0.2) is 9.84 Å². The molecule has 0 aromatic heterocycles. The van der Waals surface area contributed by atoms with Gasteiger partial charge < -0.3 is 5.11 Å². The molecule has 6 nitrogen and oxygen atoms in total. The fourth-order valence-electron chi connectivity index (χ4n) is 3.30. The summed E-state index contributed by atoms with van der Waals surface area (Å²) in [4.78, 5) is 12.2. The molecule has 0 atom stereocenters. The van der Waals surface area contributed by atoms with Crippen molar-refractivity contribution in [1.82, 2.24) is 5.43 Å². The van der Waals surface area contributed by atoms with Crippen LogP contribution in [0.4, 0.5) is 0 Å². The van der Waals surface area contributed by atoms with Crippen molar-refractivity contribution >= 4 is 44.3 Å². The smallest absolute Gasteiger partial charge is 0.271 e. The maximum absolute atomic E-state index is 12.5. The lowest BCUT2D eigenvalue weighted by atomic mass is 10.0. The summed E-state index contributed by atoms with van der Waals surface area (Å²) in [5.74, 6) is -0.406. The SMILES string of the molecule is CC(C)CS(=O)(=O)Cc1ccc(C=NNC(=O)c2ccc(O)c(Cl)c2)c2ccccc12. The van der Waals surface area contributed by atoms with Crippen LogP contribution in [-0.4, -0.2) is 31.4 Å². The van der Waals surface area contributed by atoms with Gasteiger partial charge in [0.25, 0.3) is 5.91 Å². The van der Waals surface area contributed by atoms with Crippen LogP contribution in [0.5, 0.6) is 5.75 Å². The Kier molecular flexibility index (Phi) is 6.97. The molecule has 0 unspecified atom stereocenters. The van der Waals surface area contributed by atoms with Gasteiger partial charge in [-0.2, -0.15) is 5.10 Å². The lowest BCUT2D eigenvalue weighted by molar-refractivity contribution is 0.0955. The molecule has 0 bridgehead atoms. The number of benzene rings is 3. The normalized spacial score (nSPS) is 12.0. The summed E-state index contributed by atoms with van der Waals surface area (Å²) in [6.45, 7) is 3.77. The number of phenolic OH excluding ortho intramolecular Hbond substituents is 1. The second-order valence-electron chi connectivity index (χ2n) is 7.67. The van der Waals surface area contributed by atoms with Gasteiger partial charge in [-0.1, -0.05) is 61.8 Å². The second-order valence-corrected chi connectivity index (χ2v) is 10.2. The van der Waals surface area contributed by atoms with E-state index in [9.17, 15) is 18.3 Å². The van der Waals surface area contributed by atoms with Crippen LogP contribution in [0.2, 0.25) is 5.02 Å². The summed E-state index contributed by atoms with van der Waals surface area (Å²) in [5.41, 5.74) is 4.16. The van der Waals surface area contributed by atoms with Gasteiger partial charge in [-0.15, -0.1) is 0 Å². The average molecular weight is 459 g/mol. The molecule has 0 radical (unpaired) electrons. The zero-order valence-electron chi connectivity index (χ0n) is 17.2. The maximum atomic E-state index is 12.5. The number of amides is 1. The van der Waals surface area contributed by atoms with Crippen LogP contribution in [0, 0.1) is 5.92 Å². The molecule has 0 aliphatic rings. The van der Waals surface area contributed by atoms with Crippen LogP contribution < -0.4 is 5.43 Å². The molecule has 0 fully saturated rings. The third kappa shape index (κ3) is 5.83. The van der Waals surface area contributed by atoms with E-state index in [-0.39, 0.29) is 33.8 Å². The van der Waals surface area contributed by atoms with E-state index in [1.807, 2.05) is 38.1 Å². The van der Waals surface area contributed by atoms with E-state index in [1.54, 1.807) is 12.1 Å². The lowest BCUT2D eigenvalue weighted by Gasteiger charge is -2.11. The molecule has 0 saturated carbocycles. The fourth-order valence-corrected chi connectivity index (χ4v) is 5.34. The van der Waals surface area contributed by atoms with Gasteiger partial charge in [0.2, 0.25) is 0 Å². The number of rotatable bonds is 7. The highest BCUT2D eigenvalue weighted by molar-refractivity contribution is 7.90. The Balaban J connectivity index is 1.83. The van der Waals surface area contributed by atoms with Gasteiger partial charge in [0.1, 0.15) is 5.75 Å². The number of halogens is 1. The third-order valence-corrected chi connectivity index (χ3v) is 6.82. The molecule has 31 heavy (non-hydrogen) atoms. The Morgan fingerprint density at radius 3 is 2.52 bits per heavy atom. The Labute approximate surface area is 186 Å². The van der Waals surface area contributed by atoms with Crippen molar-refractivity contribution in [3.05, 3.63) is 76.3 Å². The van der Waals surface area contributed by atoms with Crippen LogP contribution in [0.25, 0.3) is 10.8 Å². The molecule has 0 aliphatic carbocycles. The Morgan fingerprint density at radius 1 is 1.13 bits per heavy atom. The van der Waals surface area contributed by atoms with Crippen molar-refractivity contribution in [1.29, 1.82) is 0 Å². The Bertz CT molecular complexity index is 1250. The Morgan fingerprint density at radius 2 is 1.84 bits per heavy atom. The first-order valence-electron chi connectivity index (χ1n) is 9.69. The molecule has 0 heterocycles. The van der Waals surface area contributed by atoms with E-state index in [2.05, 4.69) is 10.5 Å². The molecule has 0 saturated heterocycles. The summed E-state index contributed by atoms with van der Waals surface area (Å²) < 4.78 is 24.9. The Hall–Kier alpha value is -2.90. The van der Waals surface area contributed by atoms with Gasteiger partial charge in [0, 0.05) is 11.1 Å². The molecule has 3 rings (SSSR count). The highest BCUT2D eigenvalue weighted by Gasteiger charge is 2.16. The largest absolute Gasteiger partial charge is 0.506 e. The molecule has 0 spiro atoms. The van der Waals surface area contributed by atoms with E-state index in [1.165, 1.54) is 24.4 Å². The molecular formula is C23H23ClN2O4S.